The Balaban J connectivity index is 2.17. The van der Waals surface area contributed by atoms with Gasteiger partial charge in [0.2, 0.25) is 0 Å². The maximum atomic E-state index is 12.3. The van der Waals surface area contributed by atoms with E-state index in [-0.39, 0.29) is 10.8 Å². The standard InChI is InChI=1S/C20H26BrNO3S/c1-14(22-26(23)20(2,3)4)16-11-17(21)19(18(12-16)24-5)25-13-15-9-7-6-8-10-15/h6-12,14,22H,13H2,1-5H3/t14-,26+/m1/s1. The summed E-state index contributed by atoms with van der Waals surface area (Å²) in [4.78, 5) is 0. The van der Waals surface area contributed by atoms with E-state index >= 15 is 0 Å². The number of hydrogen-bond donors (Lipinski definition) is 1. The Morgan fingerprint density at radius 2 is 1.85 bits per heavy atom. The molecule has 0 heterocycles. The van der Waals surface area contributed by atoms with Crippen LogP contribution < -0.4 is 14.2 Å². The summed E-state index contributed by atoms with van der Waals surface area (Å²) in [5.74, 6) is 1.30. The van der Waals surface area contributed by atoms with E-state index in [0.717, 1.165) is 15.6 Å². The molecule has 2 rings (SSSR count). The largest absolute Gasteiger partial charge is 0.598 e. The molecule has 0 fully saturated rings. The number of benzene rings is 2. The van der Waals surface area contributed by atoms with Gasteiger partial charge in [-0.15, -0.1) is 4.72 Å². The minimum atomic E-state index is -1.15. The zero-order valence-corrected chi connectivity index (χ0v) is 18.2. The Morgan fingerprint density at radius 3 is 2.42 bits per heavy atom. The molecule has 2 aromatic carbocycles. The van der Waals surface area contributed by atoms with Gasteiger partial charge in [-0.05, 0) is 66.9 Å². The predicted octanol–water partition coefficient (Wildman–Crippen LogP) is 5.15. The van der Waals surface area contributed by atoms with E-state index < -0.39 is 11.4 Å². The Bertz CT molecular complexity index is 719. The van der Waals surface area contributed by atoms with Crippen LogP contribution >= 0.6 is 15.9 Å². The molecule has 6 heteroatoms. The van der Waals surface area contributed by atoms with E-state index in [2.05, 4.69) is 20.7 Å². The van der Waals surface area contributed by atoms with Crippen molar-refractivity contribution in [1.29, 1.82) is 0 Å². The summed E-state index contributed by atoms with van der Waals surface area (Å²) in [6, 6.07) is 13.8. The second-order valence-corrected chi connectivity index (χ2v) is 9.88. The highest BCUT2D eigenvalue weighted by molar-refractivity contribution is 9.10. The second kappa shape index (κ2) is 9.13. The Morgan fingerprint density at radius 1 is 1.19 bits per heavy atom. The van der Waals surface area contributed by atoms with E-state index in [4.69, 9.17) is 9.47 Å². The van der Waals surface area contributed by atoms with Crippen LogP contribution in [-0.2, 0) is 18.0 Å². The van der Waals surface area contributed by atoms with Crippen molar-refractivity contribution >= 4 is 27.3 Å². The van der Waals surface area contributed by atoms with Gasteiger partial charge < -0.3 is 14.0 Å². The first kappa shape index (κ1) is 21.1. The maximum Gasteiger partial charge on any atom is 0.175 e. The summed E-state index contributed by atoms with van der Waals surface area (Å²) in [5.41, 5.74) is 2.06. The van der Waals surface area contributed by atoms with E-state index in [1.165, 1.54) is 0 Å². The first-order valence-electron chi connectivity index (χ1n) is 8.44. The quantitative estimate of drug-likeness (QED) is 0.605. The third-order valence-corrected chi connectivity index (χ3v) is 6.09. The Hall–Kier alpha value is -1.21. The lowest BCUT2D eigenvalue weighted by Crippen LogP contribution is -2.40. The molecule has 0 saturated heterocycles. The Kier molecular flexibility index (Phi) is 7.41. The normalized spacial score (nSPS) is 14.0. The fourth-order valence-electron chi connectivity index (χ4n) is 2.26. The molecule has 0 bridgehead atoms. The molecule has 142 valence electrons. The predicted molar refractivity (Wildman–Crippen MR) is 111 cm³/mol. The van der Waals surface area contributed by atoms with Crippen LogP contribution in [0, 0.1) is 0 Å². The number of nitrogens with one attached hydrogen (secondary N) is 1. The number of methoxy groups -OCH3 is 1. The molecule has 2 aromatic rings. The fraction of sp³-hybridized carbons (Fsp3) is 0.400. The van der Waals surface area contributed by atoms with Crippen molar-refractivity contribution in [1.82, 2.24) is 4.72 Å². The molecule has 1 N–H and O–H groups in total. The van der Waals surface area contributed by atoms with Gasteiger partial charge in [-0.2, -0.15) is 0 Å². The lowest BCUT2D eigenvalue weighted by atomic mass is 10.1. The molecule has 0 unspecified atom stereocenters. The minimum absolute atomic E-state index is 0.0940. The van der Waals surface area contributed by atoms with Crippen molar-refractivity contribution in [2.75, 3.05) is 7.11 Å². The molecule has 0 amide bonds. The minimum Gasteiger partial charge on any atom is -0.598 e. The van der Waals surface area contributed by atoms with Gasteiger partial charge in [0.05, 0.1) is 17.6 Å². The van der Waals surface area contributed by atoms with Crippen LogP contribution in [0.4, 0.5) is 0 Å². The van der Waals surface area contributed by atoms with Crippen LogP contribution in [0.5, 0.6) is 11.5 Å². The van der Waals surface area contributed by atoms with Gasteiger partial charge in [-0.25, -0.2) is 0 Å². The van der Waals surface area contributed by atoms with Gasteiger partial charge in [-0.3, -0.25) is 0 Å². The fourth-order valence-corrected chi connectivity index (χ4v) is 3.65. The van der Waals surface area contributed by atoms with Gasteiger partial charge in [0, 0.05) is 11.4 Å². The van der Waals surface area contributed by atoms with Crippen LogP contribution in [0.2, 0.25) is 0 Å². The molecule has 0 radical (unpaired) electrons. The van der Waals surface area contributed by atoms with Crippen LogP contribution in [0.15, 0.2) is 46.9 Å². The molecular weight excluding hydrogens is 414 g/mol. The third kappa shape index (κ3) is 5.64. The van der Waals surface area contributed by atoms with Crippen LogP contribution in [0.25, 0.3) is 0 Å². The average molecular weight is 440 g/mol. The van der Waals surface area contributed by atoms with Gasteiger partial charge in [0.25, 0.3) is 0 Å². The molecule has 0 aliphatic rings. The average Bonchev–Trinajstić information content (AvgIpc) is 2.60. The summed E-state index contributed by atoms with van der Waals surface area (Å²) in [6.07, 6.45) is 0. The van der Waals surface area contributed by atoms with Gasteiger partial charge in [-0.1, -0.05) is 30.3 Å². The van der Waals surface area contributed by atoms with Crippen molar-refractivity contribution in [2.45, 2.75) is 45.1 Å². The van der Waals surface area contributed by atoms with Crippen molar-refractivity contribution in [3.8, 4) is 11.5 Å². The number of halogens is 1. The van der Waals surface area contributed by atoms with E-state index in [1.54, 1.807) is 7.11 Å². The van der Waals surface area contributed by atoms with Gasteiger partial charge in [0.1, 0.15) is 11.4 Å². The molecule has 0 saturated carbocycles. The monoisotopic (exact) mass is 439 g/mol. The van der Waals surface area contributed by atoms with Gasteiger partial charge in [0.15, 0.2) is 11.5 Å². The maximum absolute atomic E-state index is 12.3. The lowest BCUT2D eigenvalue weighted by Gasteiger charge is -2.27. The topological polar surface area (TPSA) is 53.5 Å². The first-order valence-corrected chi connectivity index (χ1v) is 10.4. The summed E-state index contributed by atoms with van der Waals surface area (Å²) in [5, 5.41) is 0. The summed E-state index contributed by atoms with van der Waals surface area (Å²) in [7, 11) is 1.62. The van der Waals surface area contributed by atoms with Gasteiger partial charge >= 0.3 is 0 Å². The number of ether oxygens (including phenoxy) is 2. The summed E-state index contributed by atoms with van der Waals surface area (Å²) >= 11 is 2.42. The van der Waals surface area contributed by atoms with E-state index in [0.29, 0.717) is 18.1 Å². The smallest absolute Gasteiger partial charge is 0.175 e. The van der Waals surface area contributed by atoms with Crippen molar-refractivity contribution in [3.63, 3.8) is 0 Å². The molecule has 0 aliphatic heterocycles. The molecule has 26 heavy (non-hydrogen) atoms. The Labute approximate surface area is 167 Å². The van der Waals surface area contributed by atoms with Crippen molar-refractivity contribution in [3.05, 3.63) is 58.1 Å². The zero-order valence-electron chi connectivity index (χ0n) is 15.8. The molecule has 0 aliphatic carbocycles. The highest BCUT2D eigenvalue weighted by Gasteiger charge is 2.29. The van der Waals surface area contributed by atoms with E-state index in [9.17, 15) is 4.55 Å². The summed E-state index contributed by atoms with van der Waals surface area (Å²) < 4.78 is 27.5. The van der Waals surface area contributed by atoms with Crippen LogP contribution in [0.1, 0.15) is 44.9 Å². The third-order valence-electron chi connectivity index (χ3n) is 3.82. The van der Waals surface area contributed by atoms with Crippen molar-refractivity contribution < 1.29 is 14.0 Å². The van der Waals surface area contributed by atoms with Crippen LogP contribution in [0.3, 0.4) is 0 Å². The molecule has 0 aromatic heterocycles. The second-order valence-electron chi connectivity index (χ2n) is 7.03. The number of hydrogen-bond acceptors (Lipinski definition) is 4. The van der Waals surface area contributed by atoms with E-state index in [1.807, 2.05) is 70.2 Å². The highest BCUT2D eigenvalue weighted by Crippen LogP contribution is 2.39. The zero-order chi connectivity index (χ0) is 19.3. The van der Waals surface area contributed by atoms with Crippen LogP contribution in [-0.4, -0.2) is 16.4 Å². The lowest BCUT2D eigenvalue weighted by molar-refractivity contribution is 0.282. The molecule has 4 nitrogen and oxygen atoms in total. The first-order chi connectivity index (χ1) is 12.2. The molecule has 0 spiro atoms. The molecule has 2 atom stereocenters. The molecular formula is C20H26BrNO3S. The number of rotatable bonds is 7. The highest BCUT2D eigenvalue weighted by atomic mass is 79.9. The van der Waals surface area contributed by atoms with Crippen molar-refractivity contribution in [2.24, 2.45) is 0 Å². The summed E-state index contributed by atoms with van der Waals surface area (Å²) in [6.45, 7) is 8.27. The SMILES string of the molecule is COc1cc([C@@H](C)N[S@@+]([O-])C(C)(C)C)cc(Br)c1OCc1ccccc1.